The van der Waals surface area contributed by atoms with Gasteiger partial charge in [0.15, 0.2) is 5.79 Å². The molecule has 3 heteroatoms. The summed E-state index contributed by atoms with van der Waals surface area (Å²) in [5.41, 5.74) is 7.82. The lowest BCUT2D eigenvalue weighted by Gasteiger charge is -2.22. The molecule has 1 fully saturated rings. The average molecular weight is 207 g/mol. The van der Waals surface area contributed by atoms with E-state index < -0.39 is 5.79 Å². The van der Waals surface area contributed by atoms with Crippen LogP contribution < -0.4 is 5.73 Å². The summed E-state index contributed by atoms with van der Waals surface area (Å²) < 4.78 is 11.2. The van der Waals surface area contributed by atoms with E-state index in [-0.39, 0.29) is 0 Å². The van der Waals surface area contributed by atoms with E-state index in [1.807, 2.05) is 6.92 Å². The Hall–Kier alpha value is -0.900. The highest BCUT2D eigenvalue weighted by molar-refractivity contribution is 5.26. The van der Waals surface area contributed by atoms with Gasteiger partial charge in [-0.05, 0) is 25.5 Å². The van der Waals surface area contributed by atoms with Crippen molar-refractivity contribution in [3.63, 3.8) is 0 Å². The fraction of sp³-hybridized carbons (Fsp3) is 0.500. The second-order valence-corrected chi connectivity index (χ2v) is 3.88. The Morgan fingerprint density at radius 1 is 1.20 bits per heavy atom. The number of benzene rings is 1. The molecule has 1 aromatic carbocycles. The van der Waals surface area contributed by atoms with Crippen molar-refractivity contribution in [2.24, 2.45) is 5.73 Å². The first-order valence-corrected chi connectivity index (χ1v) is 5.32. The fourth-order valence-electron chi connectivity index (χ4n) is 1.82. The minimum atomic E-state index is -0.554. The van der Waals surface area contributed by atoms with E-state index in [2.05, 4.69) is 24.3 Å². The predicted octanol–water partition coefficient (Wildman–Crippen LogP) is 1.41. The lowest BCUT2D eigenvalue weighted by atomic mass is 10.0. The van der Waals surface area contributed by atoms with E-state index in [4.69, 9.17) is 15.2 Å². The van der Waals surface area contributed by atoms with Crippen molar-refractivity contribution in [2.75, 3.05) is 19.8 Å². The lowest BCUT2D eigenvalue weighted by Crippen LogP contribution is -2.22. The van der Waals surface area contributed by atoms with E-state index >= 15 is 0 Å². The van der Waals surface area contributed by atoms with Gasteiger partial charge in [0.1, 0.15) is 0 Å². The van der Waals surface area contributed by atoms with E-state index in [9.17, 15) is 0 Å². The quantitative estimate of drug-likeness (QED) is 0.815. The van der Waals surface area contributed by atoms with Gasteiger partial charge in [0.2, 0.25) is 0 Å². The van der Waals surface area contributed by atoms with Crippen LogP contribution in [0.15, 0.2) is 24.3 Å². The van der Waals surface area contributed by atoms with Gasteiger partial charge in [0.25, 0.3) is 0 Å². The van der Waals surface area contributed by atoms with E-state index in [1.54, 1.807) is 0 Å². The molecule has 0 aromatic heterocycles. The summed E-state index contributed by atoms with van der Waals surface area (Å²) in [7, 11) is 0. The van der Waals surface area contributed by atoms with Gasteiger partial charge < -0.3 is 15.2 Å². The van der Waals surface area contributed by atoms with Gasteiger partial charge in [0, 0.05) is 5.56 Å². The average Bonchev–Trinajstić information content (AvgIpc) is 2.68. The standard InChI is InChI=1S/C12H17NO2/c1-12(14-8-9-15-12)11-4-2-10(3-5-11)6-7-13/h2-5H,6-9,13H2,1H3. The molecule has 15 heavy (non-hydrogen) atoms. The van der Waals surface area contributed by atoms with Gasteiger partial charge in [-0.2, -0.15) is 0 Å². The highest BCUT2D eigenvalue weighted by atomic mass is 16.7. The molecule has 0 unspecified atom stereocenters. The summed E-state index contributed by atoms with van der Waals surface area (Å²) in [6.45, 7) is 3.98. The molecular weight excluding hydrogens is 190 g/mol. The summed E-state index contributed by atoms with van der Waals surface area (Å²) in [4.78, 5) is 0. The van der Waals surface area contributed by atoms with Gasteiger partial charge in [-0.15, -0.1) is 0 Å². The largest absolute Gasteiger partial charge is 0.344 e. The van der Waals surface area contributed by atoms with Crippen LogP contribution in [0.25, 0.3) is 0 Å². The summed E-state index contributed by atoms with van der Waals surface area (Å²) in [6, 6.07) is 8.27. The van der Waals surface area contributed by atoms with Crippen LogP contribution in [0.4, 0.5) is 0 Å². The third kappa shape index (κ3) is 2.20. The minimum Gasteiger partial charge on any atom is -0.344 e. The van der Waals surface area contributed by atoms with Gasteiger partial charge in [0.05, 0.1) is 13.2 Å². The summed E-state index contributed by atoms with van der Waals surface area (Å²) in [6.07, 6.45) is 0.915. The molecule has 1 aromatic rings. The third-order valence-electron chi connectivity index (χ3n) is 2.75. The Kier molecular flexibility index (Phi) is 3.05. The molecular formula is C12H17NO2. The van der Waals surface area contributed by atoms with Crippen molar-refractivity contribution in [3.05, 3.63) is 35.4 Å². The van der Waals surface area contributed by atoms with Crippen molar-refractivity contribution in [1.29, 1.82) is 0 Å². The molecule has 1 aliphatic heterocycles. The molecule has 0 atom stereocenters. The number of nitrogens with two attached hydrogens (primary N) is 1. The monoisotopic (exact) mass is 207 g/mol. The second kappa shape index (κ2) is 4.31. The van der Waals surface area contributed by atoms with Crippen molar-refractivity contribution in [3.8, 4) is 0 Å². The van der Waals surface area contributed by atoms with Crippen LogP contribution >= 0.6 is 0 Å². The van der Waals surface area contributed by atoms with Crippen molar-refractivity contribution < 1.29 is 9.47 Å². The first-order chi connectivity index (χ1) is 7.24. The van der Waals surface area contributed by atoms with Crippen molar-refractivity contribution >= 4 is 0 Å². The number of ether oxygens (including phenoxy) is 2. The third-order valence-corrected chi connectivity index (χ3v) is 2.75. The Labute approximate surface area is 90.2 Å². The molecule has 2 rings (SSSR count). The summed E-state index contributed by atoms with van der Waals surface area (Å²) >= 11 is 0. The first-order valence-electron chi connectivity index (χ1n) is 5.32. The molecule has 2 N–H and O–H groups in total. The molecule has 0 spiro atoms. The van der Waals surface area contributed by atoms with Gasteiger partial charge in [-0.1, -0.05) is 24.3 Å². The predicted molar refractivity (Wildman–Crippen MR) is 58.5 cm³/mol. The Balaban J connectivity index is 2.15. The Morgan fingerprint density at radius 2 is 1.80 bits per heavy atom. The summed E-state index contributed by atoms with van der Waals surface area (Å²) in [5.74, 6) is -0.554. The summed E-state index contributed by atoms with van der Waals surface area (Å²) in [5, 5.41) is 0. The molecule has 0 saturated carbocycles. The van der Waals surface area contributed by atoms with E-state index in [1.165, 1.54) is 5.56 Å². The van der Waals surface area contributed by atoms with Crippen LogP contribution in [0.3, 0.4) is 0 Å². The maximum absolute atomic E-state index is 5.58. The normalized spacial score (nSPS) is 19.3. The second-order valence-electron chi connectivity index (χ2n) is 3.88. The molecule has 0 aliphatic carbocycles. The highest BCUT2D eigenvalue weighted by Crippen LogP contribution is 2.30. The van der Waals surface area contributed by atoms with Crippen LogP contribution in [0.2, 0.25) is 0 Å². The zero-order valence-corrected chi connectivity index (χ0v) is 9.03. The highest BCUT2D eigenvalue weighted by Gasteiger charge is 2.32. The molecule has 0 bridgehead atoms. The Bertz CT molecular complexity index is 315. The molecule has 82 valence electrons. The lowest BCUT2D eigenvalue weighted by molar-refractivity contribution is -0.149. The van der Waals surface area contributed by atoms with Crippen LogP contribution in [-0.2, 0) is 21.7 Å². The van der Waals surface area contributed by atoms with Crippen LogP contribution in [0, 0.1) is 0 Å². The number of rotatable bonds is 3. The maximum Gasteiger partial charge on any atom is 0.192 e. The number of hydrogen-bond acceptors (Lipinski definition) is 3. The molecule has 1 aliphatic rings. The molecule has 1 saturated heterocycles. The van der Waals surface area contributed by atoms with E-state index in [0.717, 1.165) is 12.0 Å². The minimum absolute atomic E-state index is 0.554. The van der Waals surface area contributed by atoms with Crippen LogP contribution in [0.1, 0.15) is 18.1 Å². The maximum atomic E-state index is 5.58. The topological polar surface area (TPSA) is 44.5 Å². The molecule has 0 radical (unpaired) electrons. The molecule has 3 nitrogen and oxygen atoms in total. The first kappa shape index (κ1) is 10.6. The fourth-order valence-corrected chi connectivity index (χ4v) is 1.82. The van der Waals surface area contributed by atoms with Crippen LogP contribution in [0.5, 0.6) is 0 Å². The Morgan fingerprint density at radius 3 is 2.33 bits per heavy atom. The zero-order valence-electron chi connectivity index (χ0n) is 9.03. The SMILES string of the molecule is CC1(c2ccc(CCN)cc2)OCCO1. The van der Waals surface area contributed by atoms with Crippen LogP contribution in [-0.4, -0.2) is 19.8 Å². The molecule has 0 amide bonds. The van der Waals surface area contributed by atoms with Crippen molar-refractivity contribution in [1.82, 2.24) is 0 Å². The van der Waals surface area contributed by atoms with E-state index in [0.29, 0.717) is 19.8 Å². The van der Waals surface area contributed by atoms with Gasteiger partial charge >= 0.3 is 0 Å². The zero-order chi connectivity index (χ0) is 10.7. The van der Waals surface area contributed by atoms with Gasteiger partial charge in [-0.3, -0.25) is 0 Å². The van der Waals surface area contributed by atoms with Gasteiger partial charge in [-0.25, -0.2) is 0 Å². The van der Waals surface area contributed by atoms with Crippen molar-refractivity contribution in [2.45, 2.75) is 19.1 Å². The number of hydrogen-bond donors (Lipinski definition) is 1. The smallest absolute Gasteiger partial charge is 0.192 e. The molecule has 1 heterocycles.